The Labute approximate surface area is 218 Å². The van der Waals surface area contributed by atoms with E-state index in [9.17, 15) is 0 Å². The van der Waals surface area contributed by atoms with Gasteiger partial charge in [0.15, 0.2) is 0 Å². The van der Waals surface area contributed by atoms with E-state index in [2.05, 4.69) is 20.8 Å². The second-order valence-electron chi connectivity index (χ2n) is 11.7. The van der Waals surface area contributed by atoms with Gasteiger partial charge in [-0.05, 0) is 44.1 Å². The highest BCUT2D eigenvalue weighted by Crippen LogP contribution is 2.41. The van der Waals surface area contributed by atoms with E-state index in [4.69, 9.17) is 5.73 Å². The van der Waals surface area contributed by atoms with Crippen LogP contribution in [0, 0.1) is 5.41 Å². The van der Waals surface area contributed by atoms with Crippen molar-refractivity contribution < 1.29 is 0 Å². The van der Waals surface area contributed by atoms with Crippen LogP contribution in [0.2, 0.25) is 0 Å². The van der Waals surface area contributed by atoms with Crippen molar-refractivity contribution in [2.75, 3.05) is 6.54 Å². The summed E-state index contributed by atoms with van der Waals surface area (Å²) in [7, 11) is 0. The summed E-state index contributed by atoms with van der Waals surface area (Å²) >= 11 is 0. The quantitative estimate of drug-likeness (QED) is 0.106. The Morgan fingerprint density at radius 3 is 0.824 bits per heavy atom. The van der Waals surface area contributed by atoms with Gasteiger partial charge >= 0.3 is 0 Å². The second kappa shape index (κ2) is 27.5. The van der Waals surface area contributed by atoms with Crippen LogP contribution in [0.25, 0.3) is 0 Å². The smallest absolute Gasteiger partial charge is 0.00771 e. The van der Waals surface area contributed by atoms with Crippen LogP contribution in [0.3, 0.4) is 0 Å². The lowest BCUT2D eigenvalue weighted by Crippen LogP contribution is -2.23. The van der Waals surface area contributed by atoms with Crippen molar-refractivity contribution >= 4 is 0 Å². The molecule has 0 radical (unpaired) electrons. The van der Waals surface area contributed by atoms with E-state index in [1.54, 1.807) is 0 Å². The van der Waals surface area contributed by atoms with E-state index in [0.29, 0.717) is 5.41 Å². The molecule has 0 fully saturated rings. The molecule has 0 rings (SSSR count). The number of nitrogens with two attached hydrogens (primary N) is 1. The first-order valence-corrected chi connectivity index (χ1v) is 16.4. The first kappa shape index (κ1) is 34.0. The maximum absolute atomic E-state index is 6.03. The molecule has 0 aliphatic heterocycles. The normalized spacial score (nSPS) is 12.0. The summed E-state index contributed by atoms with van der Waals surface area (Å²) in [5.41, 5.74) is 6.63. The molecular weight excluding hydrogens is 410 g/mol. The standard InChI is InChI=1S/C33H69N/c1-4-7-10-13-16-19-22-25-29-33(31-27-32-34,28-24-21-18-15-12-9-6-3)30-26-23-20-17-14-11-8-5-2/h4-32,34H2,1-3H3. The van der Waals surface area contributed by atoms with Crippen LogP contribution in [0.15, 0.2) is 0 Å². The van der Waals surface area contributed by atoms with Crippen molar-refractivity contribution in [2.24, 2.45) is 11.1 Å². The van der Waals surface area contributed by atoms with Crippen LogP contribution in [-0.4, -0.2) is 6.54 Å². The van der Waals surface area contributed by atoms with Gasteiger partial charge in [-0.1, -0.05) is 168 Å². The van der Waals surface area contributed by atoms with Crippen molar-refractivity contribution in [1.82, 2.24) is 0 Å². The SMILES string of the molecule is CCCCCCCCCCC(CCCN)(CCCCCCCCC)CCCCCCCCCC. The average molecular weight is 480 g/mol. The molecule has 0 heterocycles. The predicted octanol–water partition coefficient (Wildman–Crippen LogP) is 11.9. The van der Waals surface area contributed by atoms with Gasteiger partial charge in [-0.3, -0.25) is 0 Å². The number of unbranched alkanes of at least 4 members (excludes halogenated alkanes) is 20. The molecule has 0 aromatic carbocycles. The van der Waals surface area contributed by atoms with Crippen LogP contribution in [0.5, 0.6) is 0 Å². The first-order valence-electron chi connectivity index (χ1n) is 16.4. The highest BCUT2D eigenvalue weighted by atomic mass is 14.5. The maximum atomic E-state index is 6.03. The molecule has 0 bridgehead atoms. The topological polar surface area (TPSA) is 26.0 Å². The van der Waals surface area contributed by atoms with E-state index in [1.165, 1.54) is 180 Å². The molecule has 0 saturated carbocycles. The van der Waals surface area contributed by atoms with Gasteiger partial charge in [0.1, 0.15) is 0 Å². The zero-order valence-electron chi connectivity index (χ0n) is 24.6. The molecule has 0 aliphatic rings. The number of rotatable bonds is 29. The third-order valence-electron chi connectivity index (χ3n) is 8.34. The van der Waals surface area contributed by atoms with E-state index in [1.807, 2.05) is 0 Å². The Bertz CT molecular complexity index is 344. The Balaban J connectivity index is 4.50. The Hall–Kier alpha value is -0.0400. The Kier molecular flexibility index (Phi) is 27.5. The van der Waals surface area contributed by atoms with Crippen molar-refractivity contribution in [1.29, 1.82) is 0 Å². The fraction of sp³-hybridized carbons (Fsp3) is 1.00. The fourth-order valence-corrected chi connectivity index (χ4v) is 5.95. The fourth-order valence-electron chi connectivity index (χ4n) is 5.95. The number of hydrogen-bond donors (Lipinski definition) is 1. The maximum Gasteiger partial charge on any atom is -0.00771 e. The zero-order chi connectivity index (χ0) is 25.0. The van der Waals surface area contributed by atoms with Gasteiger partial charge in [-0.2, -0.15) is 0 Å². The Morgan fingerprint density at radius 2 is 0.559 bits per heavy atom. The van der Waals surface area contributed by atoms with Gasteiger partial charge in [-0.25, -0.2) is 0 Å². The summed E-state index contributed by atoms with van der Waals surface area (Å²) in [5.74, 6) is 0. The summed E-state index contributed by atoms with van der Waals surface area (Å²) in [6, 6.07) is 0. The lowest BCUT2D eigenvalue weighted by atomic mass is 9.71. The van der Waals surface area contributed by atoms with Crippen LogP contribution >= 0.6 is 0 Å². The number of hydrogen-bond acceptors (Lipinski definition) is 1. The molecule has 206 valence electrons. The van der Waals surface area contributed by atoms with Crippen LogP contribution < -0.4 is 5.73 Å². The molecule has 1 nitrogen and oxygen atoms in total. The van der Waals surface area contributed by atoms with Crippen LogP contribution in [-0.2, 0) is 0 Å². The van der Waals surface area contributed by atoms with Crippen LogP contribution in [0.1, 0.15) is 201 Å². The monoisotopic (exact) mass is 480 g/mol. The minimum atomic E-state index is 0.604. The highest BCUT2D eigenvalue weighted by molar-refractivity contribution is 4.80. The Morgan fingerprint density at radius 1 is 0.324 bits per heavy atom. The summed E-state index contributed by atoms with van der Waals surface area (Å²) in [6.45, 7) is 7.84. The highest BCUT2D eigenvalue weighted by Gasteiger charge is 2.28. The third kappa shape index (κ3) is 22.4. The first-order chi connectivity index (χ1) is 16.7. The molecule has 0 unspecified atom stereocenters. The summed E-state index contributed by atoms with van der Waals surface area (Å²) in [4.78, 5) is 0. The van der Waals surface area contributed by atoms with Crippen molar-refractivity contribution in [2.45, 2.75) is 201 Å². The summed E-state index contributed by atoms with van der Waals surface area (Å²) < 4.78 is 0. The third-order valence-corrected chi connectivity index (χ3v) is 8.34. The van der Waals surface area contributed by atoms with Gasteiger partial charge in [0.2, 0.25) is 0 Å². The molecule has 0 atom stereocenters. The molecular formula is C33H69N. The van der Waals surface area contributed by atoms with Gasteiger partial charge in [0.25, 0.3) is 0 Å². The van der Waals surface area contributed by atoms with E-state index in [0.717, 1.165) is 6.54 Å². The largest absolute Gasteiger partial charge is 0.330 e. The lowest BCUT2D eigenvalue weighted by molar-refractivity contribution is 0.174. The average Bonchev–Trinajstić information content (AvgIpc) is 2.85. The molecule has 0 amide bonds. The van der Waals surface area contributed by atoms with Crippen molar-refractivity contribution in [3.8, 4) is 0 Å². The molecule has 0 aliphatic carbocycles. The second-order valence-corrected chi connectivity index (χ2v) is 11.7. The van der Waals surface area contributed by atoms with Crippen molar-refractivity contribution in [3.05, 3.63) is 0 Å². The predicted molar refractivity (Wildman–Crippen MR) is 158 cm³/mol. The minimum Gasteiger partial charge on any atom is -0.330 e. The minimum absolute atomic E-state index is 0.604. The van der Waals surface area contributed by atoms with E-state index < -0.39 is 0 Å². The molecule has 0 aromatic heterocycles. The molecule has 0 spiro atoms. The van der Waals surface area contributed by atoms with Gasteiger partial charge < -0.3 is 5.73 Å². The molecule has 2 N–H and O–H groups in total. The molecule has 0 aromatic rings. The van der Waals surface area contributed by atoms with E-state index >= 15 is 0 Å². The molecule has 34 heavy (non-hydrogen) atoms. The lowest BCUT2D eigenvalue weighted by Gasteiger charge is -2.35. The van der Waals surface area contributed by atoms with Gasteiger partial charge in [0.05, 0.1) is 0 Å². The molecule has 0 saturated heterocycles. The van der Waals surface area contributed by atoms with E-state index in [-0.39, 0.29) is 0 Å². The summed E-state index contributed by atoms with van der Waals surface area (Å²) in [6.07, 6.45) is 40.3. The molecule has 1 heteroatoms. The van der Waals surface area contributed by atoms with Crippen LogP contribution in [0.4, 0.5) is 0 Å². The zero-order valence-corrected chi connectivity index (χ0v) is 24.6. The summed E-state index contributed by atoms with van der Waals surface area (Å²) in [5, 5.41) is 0. The van der Waals surface area contributed by atoms with Crippen molar-refractivity contribution in [3.63, 3.8) is 0 Å². The van der Waals surface area contributed by atoms with Gasteiger partial charge in [0, 0.05) is 0 Å². The van der Waals surface area contributed by atoms with Gasteiger partial charge in [-0.15, -0.1) is 0 Å².